The van der Waals surface area contributed by atoms with E-state index in [2.05, 4.69) is 5.32 Å². The molecule has 3 rings (SSSR count). The summed E-state index contributed by atoms with van der Waals surface area (Å²) in [5.41, 5.74) is 4.71. The van der Waals surface area contributed by atoms with Crippen molar-refractivity contribution in [1.82, 2.24) is 5.32 Å². The van der Waals surface area contributed by atoms with Crippen LogP contribution in [-0.4, -0.2) is 18.0 Å². The maximum Gasteiger partial charge on any atom is 0.416 e. The SMILES string of the molecule is NC1(C(=O)NCC2(c3cccc(C(F)(F)F)c3)CCC2)CC1. The number of amides is 1. The molecule has 2 aliphatic carbocycles. The number of carbonyl (C=O) groups is 1. The first-order chi connectivity index (χ1) is 10.3. The second kappa shape index (κ2) is 4.98. The van der Waals surface area contributed by atoms with E-state index >= 15 is 0 Å². The predicted octanol–water partition coefficient (Wildman–Crippen LogP) is 2.73. The molecule has 1 aromatic carbocycles. The number of carbonyl (C=O) groups excluding carboxylic acids is 1. The van der Waals surface area contributed by atoms with Gasteiger partial charge in [-0.2, -0.15) is 13.2 Å². The summed E-state index contributed by atoms with van der Waals surface area (Å²) in [4.78, 5) is 12.0. The van der Waals surface area contributed by atoms with E-state index in [1.165, 1.54) is 12.1 Å². The van der Waals surface area contributed by atoms with Crippen molar-refractivity contribution in [2.45, 2.75) is 49.2 Å². The molecule has 0 aliphatic heterocycles. The maximum absolute atomic E-state index is 12.9. The summed E-state index contributed by atoms with van der Waals surface area (Å²) < 4.78 is 38.6. The molecule has 2 fully saturated rings. The number of alkyl halides is 3. The summed E-state index contributed by atoms with van der Waals surface area (Å²) in [5.74, 6) is -0.189. The molecular formula is C16H19F3N2O. The van der Waals surface area contributed by atoms with Crippen LogP contribution in [-0.2, 0) is 16.4 Å². The molecule has 1 amide bonds. The van der Waals surface area contributed by atoms with Crippen molar-refractivity contribution in [2.75, 3.05) is 6.54 Å². The van der Waals surface area contributed by atoms with E-state index in [1.807, 2.05) is 0 Å². The molecule has 0 bridgehead atoms. The lowest BCUT2D eigenvalue weighted by Crippen LogP contribution is -2.50. The second-order valence-corrected chi connectivity index (χ2v) is 6.55. The zero-order valence-corrected chi connectivity index (χ0v) is 12.2. The molecule has 1 aromatic rings. The van der Waals surface area contributed by atoms with Crippen molar-refractivity contribution >= 4 is 5.91 Å². The lowest BCUT2D eigenvalue weighted by Gasteiger charge is -2.43. The molecule has 3 N–H and O–H groups in total. The summed E-state index contributed by atoms with van der Waals surface area (Å²) in [6, 6.07) is 5.44. The quantitative estimate of drug-likeness (QED) is 0.898. The fourth-order valence-electron chi connectivity index (χ4n) is 2.98. The van der Waals surface area contributed by atoms with Crippen LogP contribution in [0.1, 0.15) is 43.2 Å². The molecule has 0 spiro atoms. The maximum atomic E-state index is 12.9. The summed E-state index contributed by atoms with van der Waals surface area (Å²) in [5, 5.41) is 2.84. The van der Waals surface area contributed by atoms with Crippen LogP contribution in [0.2, 0.25) is 0 Å². The lowest BCUT2D eigenvalue weighted by molar-refractivity contribution is -0.137. The van der Waals surface area contributed by atoms with E-state index < -0.39 is 17.3 Å². The van der Waals surface area contributed by atoms with Gasteiger partial charge in [0.2, 0.25) is 5.91 Å². The van der Waals surface area contributed by atoms with Gasteiger partial charge in [-0.1, -0.05) is 24.6 Å². The van der Waals surface area contributed by atoms with Gasteiger partial charge in [-0.15, -0.1) is 0 Å². The fraction of sp³-hybridized carbons (Fsp3) is 0.562. The Morgan fingerprint density at radius 3 is 2.41 bits per heavy atom. The highest BCUT2D eigenvalue weighted by molar-refractivity contribution is 5.89. The Morgan fingerprint density at radius 2 is 1.91 bits per heavy atom. The van der Waals surface area contributed by atoms with Crippen LogP contribution in [0.4, 0.5) is 13.2 Å². The van der Waals surface area contributed by atoms with Gasteiger partial charge in [0.1, 0.15) is 0 Å². The highest BCUT2D eigenvalue weighted by atomic mass is 19.4. The van der Waals surface area contributed by atoms with Crippen LogP contribution in [0.5, 0.6) is 0 Å². The zero-order valence-electron chi connectivity index (χ0n) is 12.2. The standard InChI is InChI=1S/C16H19F3N2O/c17-16(18,19)12-4-1-3-11(9-12)14(5-2-6-14)10-21-13(22)15(20)7-8-15/h1,3-4,9H,2,5-8,10,20H2,(H,21,22). The number of rotatable bonds is 4. The smallest absolute Gasteiger partial charge is 0.354 e. The zero-order chi connectivity index (χ0) is 16.0. The molecule has 0 aromatic heterocycles. The van der Waals surface area contributed by atoms with E-state index in [4.69, 9.17) is 5.73 Å². The Kier molecular flexibility index (Phi) is 3.47. The van der Waals surface area contributed by atoms with E-state index in [0.717, 1.165) is 25.3 Å². The molecule has 0 heterocycles. The minimum atomic E-state index is -4.35. The molecule has 0 radical (unpaired) electrons. The minimum absolute atomic E-state index is 0.189. The van der Waals surface area contributed by atoms with Gasteiger partial charge >= 0.3 is 6.18 Å². The number of hydrogen-bond donors (Lipinski definition) is 2. The van der Waals surface area contributed by atoms with Gasteiger partial charge in [0.15, 0.2) is 0 Å². The van der Waals surface area contributed by atoms with E-state index in [1.54, 1.807) is 6.07 Å². The predicted molar refractivity (Wildman–Crippen MR) is 76.1 cm³/mol. The van der Waals surface area contributed by atoms with Crippen LogP contribution in [0, 0.1) is 0 Å². The average molecular weight is 312 g/mol. The van der Waals surface area contributed by atoms with Crippen molar-refractivity contribution in [1.29, 1.82) is 0 Å². The molecule has 3 nitrogen and oxygen atoms in total. The fourth-order valence-corrected chi connectivity index (χ4v) is 2.98. The van der Waals surface area contributed by atoms with Crippen LogP contribution in [0.15, 0.2) is 24.3 Å². The van der Waals surface area contributed by atoms with Gasteiger partial charge in [-0.05, 0) is 37.3 Å². The largest absolute Gasteiger partial charge is 0.416 e. The van der Waals surface area contributed by atoms with Crippen molar-refractivity contribution in [3.8, 4) is 0 Å². The first-order valence-corrected chi connectivity index (χ1v) is 7.50. The van der Waals surface area contributed by atoms with E-state index in [0.29, 0.717) is 24.9 Å². The van der Waals surface area contributed by atoms with E-state index in [-0.39, 0.29) is 11.3 Å². The number of nitrogens with two attached hydrogens (primary N) is 1. The second-order valence-electron chi connectivity index (χ2n) is 6.55. The van der Waals surface area contributed by atoms with Gasteiger partial charge in [0, 0.05) is 12.0 Å². The Labute approximate surface area is 127 Å². The van der Waals surface area contributed by atoms with Gasteiger partial charge in [0.05, 0.1) is 11.1 Å². The Morgan fingerprint density at radius 1 is 1.23 bits per heavy atom. The van der Waals surface area contributed by atoms with Crippen molar-refractivity contribution in [3.63, 3.8) is 0 Å². The first kappa shape index (κ1) is 15.3. The molecule has 0 unspecified atom stereocenters. The topological polar surface area (TPSA) is 55.1 Å². The normalized spacial score (nSPS) is 21.8. The summed E-state index contributed by atoms with van der Waals surface area (Å²) in [6.07, 6.45) is -0.470. The molecule has 0 atom stereocenters. The summed E-state index contributed by atoms with van der Waals surface area (Å²) in [7, 11) is 0. The van der Waals surface area contributed by atoms with Crippen LogP contribution < -0.4 is 11.1 Å². The van der Waals surface area contributed by atoms with Gasteiger partial charge < -0.3 is 11.1 Å². The average Bonchev–Trinajstić information content (AvgIpc) is 3.16. The third kappa shape index (κ3) is 2.72. The Bertz CT molecular complexity index is 589. The molecule has 22 heavy (non-hydrogen) atoms. The van der Waals surface area contributed by atoms with Gasteiger partial charge in [-0.3, -0.25) is 4.79 Å². The van der Waals surface area contributed by atoms with Gasteiger partial charge in [-0.25, -0.2) is 0 Å². The summed E-state index contributed by atoms with van der Waals surface area (Å²) >= 11 is 0. The molecule has 2 aliphatic rings. The lowest BCUT2D eigenvalue weighted by atomic mass is 9.64. The number of halogens is 3. The molecule has 120 valence electrons. The molecule has 2 saturated carbocycles. The van der Waals surface area contributed by atoms with Gasteiger partial charge in [0.25, 0.3) is 0 Å². The molecule has 6 heteroatoms. The van der Waals surface area contributed by atoms with Crippen molar-refractivity contribution in [3.05, 3.63) is 35.4 Å². The number of hydrogen-bond acceptors (Lipinski definition) is 2. The van der Waals surface area contributed by atoms with Crippen LogP contribution in [0.3, 0.4) is 0 Å². The Balaban J connectivity index is 1.77. The molecular weight excluding hydrogens is 293 g/mol. The van der Waals surface area contributed by atoms with Crippen molar-refractivity contribution in [2.24, 2.45) is 5.73 Å². The Hall–Kier alpha value is -1.56. The monoisotopic (exact) mass is 312 g/mol. The highest BCUT2D eigenvalue weighted by Crippen LogP contribution is 2.45. The third-order valence-electron chi connectivity index (χ3n) is 4.94. The van der Waals surface area contributed by atoms with E-state index in [9.17, 15) is 18.0 Å². The minimum Gasteiger partial charge on any atom is -0.354 e. The number of benzene rings is 1. The highest BCUT2D eigenvalue weighted by Gasteiger charge is 2.47. The third-order valence-corrected chi connectivity index (χ3v) is 4.94. The van der Waals surface area contributed by atoms with Crippen LogP contribution in [0.25, 0.3) is 0 Å². The number of nitrogens with one attached hydrogen (secondary N) is 1. The van der Waals surface area contributed by atoms with Crippen molar-refractivity contribution < 1.29 is 18.0 Å². The molecule has 0 saturated heterocycles. The van der Waals surface area contributed by atoms with Crippen LogP contribution >= 0.6 is 0 Å². The summed E-state index contributed by atoms with van der Waals surface area (Å²) in [6.45, 7) is 0.353. The first-order valence-electron chi connectivity index (χ1n) is 7.50.